The van der Waals surface area contributed by atoms with Gasteiger partial charge in [0.1, 0.15) is 11.3 Å². The first-order valence-corrected chi connectivity index (χ1v) is 6.97. The summed E-state index contributed by atoms with van der Waals surface area (Å²) in [6.45, 7) is 3.59. The molecule has 1 aromatic carbocycles. The second-order valence-electron chi connectivity index (χ2n) is 4.94. The summed E-state index contributed by atoms with van der Waals surface area (Å²) in [6.07, 6.45) is 1.01. The van der Waals surface area contributed by atoms with E-state index in [0.29, 0.717) is 5.92 Å². The van der Waals surface area contributed by atoms with Crippen LogP contribution in [0.4, 0.5) is 0 Å². The number of halogens is 1. The van der Waals surface area contributed by atoms with Gasteiger partial charge in [0.25, 0.3) is 0 Å². The Balaban J connectivity index is 1.99. The zero-order chi connectivity index (χ0) is 12.7. The third-order valence-corrected chi connectivity index (χ3v) is 4.04. The van der Waals surface area contributed by atoms with Crippen LogP contribution in [0.3, 0.4) is 0 Å². The molecule has 2 unspecified atom stereocenters. The second-order valence-corrected chi connectivity index (χ2v) is 5.85. The fourth-order valence-corrected chi connectivity index (χ4v) is 3.13. The van der Waals surface area contributed by atoms with Crippen molar-refractivity contribution in [1.29, 1.82) is 0 Å². The minimum Gasteiger partial charge on any atom is -0.459 e. The highest BCUT2D eigenvalue weighted by molar-refractivity contribution is 9.10. The summed E-state index contributed by atoms with van der Waals surface area (Å²) in [5.74, 6) is 1.23. The fourth-order valence-electron chi connectivity index (χ4n) is 2.54. The van der Waals surface area contributed by atoms with Crippen LogP contribution < -0.4 is 5.73 Å². The van der Waals surface area contributed by atoms with E-state index in [1.807, 2.05) is 6.92 Å². The molecule has 2 atom stereocenters. The normalized spacial score (nSPS) is 21.6. The second kappa shape index (κ2) is 4.68. The predicted molar refractivity (Wildman–Crippen MR) is 74.5 cm³/mol. The summed E-state index contributed by atoms with van der Waals surface area (Å²) >= 11 is 3.50. The number of hydrogen-bond donors (Lipinski definition) is 1. The Morgan fingerprint density at radius 2 is 2.22 bits per heavy atom. The molecule has 18 heavy (non-hydrogen) atoms. The highest BCUT2D eigenvalue weighted by Crippen LogP contribution is 2.33. The molecule has 96 valence electrons. The van der Waals surface area contributed by atoms with Gasteiger partial charge in [-0.1, -0.05) is 15.9 Å². The molecule has 1 fully saturated rings. The molecule has 1 saturated heterocycles. The van der Waals surface area contributed by atoms with Crippen LogP contribution in [0.25, 0.3) is 11.0 Å². The molecule has 2 aromatic rings. The van der Waals surface area contributed by atoms with Crippen molar-refractivity contribution in [2.45, 2.75) is 19.4 Å². The maximum absolute atomic E-state index is 6.27. The monoisotopic (exact) mass is 309 g/mol. The first kappa shape index (κ1) is 12.2. The first-order chi connectivity index (χ1) is 8.65. The molecule has 0 amide bonds. The molecular formula is C14H16BrNO2. The summed E-state index contributed by atoms with van der Waals surface area (Å²) in [6, 6.07) is 6.10. The topological polar surface area (TPSA) is 48.4 Å². The van der Waals surface area contributed by atoms with Gasteiger partial charge in [0.2, 0.25) is 0 Å². The Kier molecular flexibility index (Phi) is 3.18. The van der Waals surface area contributed by atoms with Gasteiger partial charge in [0, 0.05) is 22.4 Å². The lowest BCUT2D eigenvalue weighted by atomic mass is 9.98. The summed E-state index contributed by atoms with van der Waals surface area (Å²) in [7, 11) is 0. The summed E-state index contributed by atoms with van der Waals surface area (Å²) < 4.78 is 12.4. The number of benzene rings is 1. The van der Waals surface area contributed by atoms with Crippen LogP contribution in [0.15, 0.2) is 27.1 Å². The predicted octanol–water partition coefficient (Wildman–Crippen LogP) is 3.54. The van der Waals surface area contributed by atoms with Crippen LogP contribution >= 0.6 is 15.9 Å². The average Bonchev–Trinajstić information content (AvgIpc) is 2.96. The van der Waals surface area contributed by atoms with Gasteiger partial charge in [-0.2, -0.15) is 0 Å². The number of fused-ring (bicyclic) bond motifs is 1. The Bertz CT molecular complexity index is 572. The lowest BCUT2D eigenvalue weighted by Crippen LogP contribution is -2.20. The van der Waals surface area contributed by atoms with Crippen LogP contribution in [-0.4, -0.2) is 13.2 Å². The molecule has 0 aliphatic carbocycles. The minimum absolute atomic E-state index is 0.0712. The largest absolute Gasteiger partial charge is 0.459 e. The van der Waals surface area contributed by atoms with E-state index in [-0.39, 0.29) is 6.04 Å². The summed E-state index contributed by atoms with van der Waals surface area (Å²) in [4.78, 5) is 0. The van der Waals surface area contributed by atoms with Crippen LogP contribution in [0.5, 0.6) is 0 Å². The van der Waals surface area contributed by atoms with Crippen LogP contribution in [0, 0.1) is 12.8 Å². The molecule has 1 aromatic heterocycles. The van der Waals surface area contributed by atoms with Crippen molar-refractivity contribution in [1.82, 2.24) is 0 Å². The third-order valence-electron chi connectivity index (χ3n) is 3.59. The van der Waals surface area contributed by atoms with Gasteiger partial charge < -0.3 is 14.9 Å². The fraction of sp³-hybridized carbons (Fsp3) is 0.429. The molecule has 0 spiro atoms. The van der Waals surface area contributed by atoms with Crippen LogP contribution in [0.2, 0.25) is 0 Å². The number of rotatable bonds is 2. The average molecular weight is 310 g/mol. The molecular weight excluding hydrogens is 294 g/mol. The Morgan fingerprint density at radius 3 is 2.94 bits per heavy atom. The standard InChI is InChI=1S/C14H16BrNO2/c1-8-4-11(15)5-10-6-12(18-14(8)10)13(16)9-2-3-17-7-9/h4-6,9,13H,2-3,7,16H2,1H3. The van der Waals surface area contributed by atoms with Crippen molar-refractivity contribution in [3.63, 3.8) is 0 Å². The Labute approximate surface area is 114 Å². The minimum atomic E-state index is -0.0712. The van der Waals surface area contributed by atoms with Crippen molar-refractivity contribution in [2.75, 3.05) is 13.2 Å². The van der Waals surface area contributed by atoms with E-state index in [4.69, 9.17) is 14.9 Å². The van der Waals surface area contributed by atoms with E-state index in [1.165, 1.54) is 0 Å². The summed E-state index contributed by atoms with van der Waals surface area (Å²) in [5, 5.41) is 1.10. The van der Waals surface area contributed by atoms with Gasteiger partial charge in [0.05, 0.1) is 12.6 Å². The maximum Gasteiger partial charge on any atom is 0.137 e. The smallest absolute Gasteiger partial charge is 0.137 e. The highest BCUT2D eigenvalue weighted by atomic mass is 79.9. The number of furan rings is 1. The van der Waals surface area contributed by atoms with Crippen molar-refractivity contribution in [3.8, 4) is 0 Å². The van der Waals surface area contributed by atoms with Gasteiger partial charge in [-0.25, -0.2) is 0 Å². The molecule has 4 heteroatoms. The van der Waals surface area contributed by atoms with E-state index in [9.17, 15) is 0 Å². The third kappa shape index (κ3) is 2.09. The van der Waals surface area contributed by atoms with Crippen molar-refractivity contribution < 1.29 is 9.15 Å². The van der Waals surface area contributed by atoms with Gasteiger partial charge in [0.15, 0.2) is 0 Å². The lowest BCUT2D eigenvalue weighted by Gasteiger charge is -2.14. The number of nitrogens with two attached hydrogens (primary N) is 1. The van der Waals surface area contributed by atoms with E-state index < -0.39 is 0 Å². The molecule has 1 aliphatic heterocycles. The first-order valence-electron chi connectivity index (χ1n) is 6.18. The van der Waals surface area contributed by atoms with Crippen molar-refractivity contribution >= 4 is 26.9 Å². The molecule has 0 radical (unpaired) electrons. The van der Waals surface area contributed by atoms with Crippen LogP contribution in [-0.2, 0) is 4.74 Å². The molecule has 3 rings (SSSR count). The SMILES string of the molecule is Cc1cc(Br)cc2cc(C(N)C3CCOC3)oc12. The maximum atomic E-state index is 6.27. The van der Waals surface area contributed by atoms with Gasteiger partial charge in [-0.05, 0) is 37.1 Å². The van der Waals surface area contributed by atoms with Gasteiger partial charge in [-0.3, -0.25) is 0 Å². The molecule has 0 saturated carbocycles. The molecule has 3 nitrogen and oxygen atoms in total. The Hall–Kier alpha value is -0.840. The van der Waals surface area contributed by atoms with E-state index >= 15 is 0 Å². The lowest BCUT2D eigenvalue weighted by molar-refractivity contribution is 0.178. The summed E-state index contributed by atoms with van der Waals surface area (Å²) in [5.41, 5.74) is 8.33. The highest BCUT2D eigenvalue weighted by Gasteiger charge is 2.26. The van der Waals surface area contributed by atoms with Crippen molar-refractivity contribution in [2.24, 2.45) is 11.7 Å². The Morgan fingerprint density at radius 1 is 1.39 bits per heavy atom. The van der Waals surface area contributed by atoms with E-state index in [1.54, 1.807) is 0 Å². The molecule has 2 N–H and O–H groups in total. The number of aryl methyl sites for hydroxylation is 1. The molecule has 1 aliphatic rings. The van der Waals surface area contributed by atoms with E-state index in [2.05, 4.69) is 34.1 Å². The van der Waals surface area contributed by atoms with Gasteiger partial charge >= 0.3 is 0 Å². The number of hydrogen-bond acceptors (Lipinski definition) is 3. The van der Waals surface area contributed by atoms with Gasteiger partial charge in [-0.15, -0.1) is 0 Å². The quantitative estimate of drug-likeness (QED) is 0.923. The van der Waals surface area contributed by atoms with Crippen molar-refractivity contribution in [3.05, 3.63) is 34.0 Å². The number of ether oxygens (including phenoxy) is 1. The molecule has 0 bridgehead atoms. The zero-order valence-electron chi connectivity index (χ0n) is 10.3. The zero-order valence-corrected chi connectivity index (χ0v) is 11.9. The van der Waals surface area contributed by atoms with Crippen LogP contribution in [0.1, 0.15) is 23.8 Å². The van der Waals surface area contributed by atoms with E-state index in [0.717, 1.165) is 46.4 Å². The molecule has 2 heterocycles.